The van der Waals surface area contributed by atoms with Crippen LogP contribution in [0.15, 0.2) is 30.3 Å². The zero-order chi connectivity index (χ0) is 14.2. The zero-order valence-electron chi connectivity index (χ0n) is 10.1. The molecule has 0 heterocycles. The van der Waals surface area contributed by atoms with E-state index in [0.717, 1.165) is 5.56 Å². The maximum atomic E-state index is 13.6. The van der Waals surface area contributed by atoms with Crippen molar-refractivity contribution in [1.29, 1.82) is 0 Å². The average molecular weight is 269 g/mol. The molecule has 0 saturated heterocycles. The normalized spacial score (nSPS) is 12.5. The standard InChI is InChI=1S/C14H11F4N/c1-7-2-3-10(15)8(4-7)14(19)9-5-12(17)13(18)6-11(9)16/h2-6,14H,19H2,1H3. The molecule has 0 aliphatic heterocycles. The first-order valence-corrected chi connectivity index (χ1v) is 5.56. The van der Waals surface area contributed by atoms with Crippen LogP contribution in [0, 0.1) is 30.2 Å². The molecule has 0 aliphatic rings. The predicted octanol–water partition coefficient (Wildman–Crippen LogP) is 3.60. The topological polar surface area (TPSA) is 26.0 Å². The fourth-order valence-corrected chi connectivity index (χ4v) is 1.85. The number of halogens is 4. The molecule has 1 nitrogen and oxygen atoms in total. The first-order valence-electron chi connectivity index (χ1n) is 5.56. The lowest BCUT2D eigenvalue weighted by molar-refractivity contribution is 0.486. The quantitative estimate of drug-likeness (QED) is 0.654. The molecule has 0 spiro atoms. The Balaban J connectivity index is 2.52. The van der Waals surface area contributed by atoms with Gasteiger partial charge in [-0.25, -0.2) is 17.6 Å². The monoisotopic (exact) mass is 269 g/mol. The Labute approximate surface area is 107 Å². The Morgan fingerprint density at radius 2 is 1.37 bits per heavy atom. The van der Waals surface area contributed by atoms with Crippen molar-refractivity contribution in [3.63, 3.8) is 0 Å². The van der Waals surface area contributed by atoms with Crippen LogP contribution in [0.4, 0.5) is 17.6 Å². The summed E-state index contributed by atoms with van der Waals surface area (Å²) in [6.07, 6.45) is 0. The van der Waals surface area contributed by atoms with Gasteiger partial charge < -0.3 is 5.73 Å². The predicted molar refractivity (Wildman–Crippen MR) is 63.5 cm³/mol. The summed E-state index contributed by atoms with van der Waals surface area (Å²) in [5.41, 5.74) is 6.21. The van der Waals surface area contributed by atoms with Crippen LogP contribution >= 0.6 is 0 Å². The lowest BCUT2D eigenvalue weighted by atomic mass is 9.97. The molecule has 0 radical (unpaired) electrons. The first kappa shape index (κ1) is 13.5. The number of aryl methyl sites for hydroxylation is 1. The number of benzene rings is 2. The third-order valence-electron chi connectivity index (χ3n) is 2.86. The number of hydrogen-bond acceptors (Lipinski definition) is 1. The zero-order valence-corrected chi connectivity index (χ0v) is 10.1. The highest BCUT2D eigenvalue weighted by Crippen LogP contribution is 2.26. The molecule has 2 N–H and O–H groups in total. The van der Waals surface area contributed by atoms with E-state index in [1.807, 2.05) is 0 Å². The molecule has 0 fully saturated rings. The molecule has 19 heavy (non-hydrogen) atoms. The average Bonchev–Trinajstić information content (AvgIpc) is 2.36. The van der Waals surface area contributed by atoms with Gasteiger partial charge in [-0.15, -0.1) is 0 Å². The molecular formula is C14H11F4N. The highest BCUT2D eigenvalue weighted by Gasteiger charge is 2.20. The Morgan fingerprint density at radius 1 is 0.789 bits per heavy atom. The molecule has 1 atom stereocenters. The lowest BCUT2D eigenvalue weighted by Crippen LogP contribution is -2.16. The van der Waals surface area contributed by atoms with Crippen molar-refractivity contribution < 1.29 is 17.6 Å². The summed E-state index contributed by atoms with van der Waals surface area (Å²) >= 11 is 0. The van der Waals surface area contributed by atoms with Crippen LogP contribution in [0.2, 0.25) is 0 Å². The summed E-state index contributed by atoms with van der Waals surface area (Å²) in [6.45, 7) is 1.72. The second kappa shape index (κ2) is 5.01. The SMILES string of the molecule is Cc1ccc(F)c(C(N)c2cc(F)c(F)cc2F)c1. The van der Waals surface area contributed by atoms with Gasteiger partial charge in [0.05, 0.1) is 6.04 Å². The molecular weight excluding hydrogens is 258 g/mol. The van der Waals surface area contributed by atoms with Gasteiger partial charge in [-0.3, -0.25) is 0 Å². The molecule has 100 valence electrons. The van der Waals surface area contributed by atoms with Crippen molar-refractivity contribution in [1.82, 2.24) is 0 Å². The van der Waals surface area contributed by atoms with Crippen LogP contribution in [-0.4, -0.2) is 0 Å². The highest BCUT2D eigenvalue weighted by molar-refractivity contribution is 5.35. The van der Waals surface area contributed by atoms with Crippen LogP contribution in [0.5, 0.6) is 0 Å². The van der Waals surface area contributed by atoms with Gasteiger partial charge in [-0.05, 0) is 19.1 Å². The summed E-state index contributed by atoms with van der Waals surface area (Å²) in [5, 5.41) is 0. The second-order valence-electron chi connectivity index (χ2n) is 4.29. The van der Waals surface area contributed by atoms with Gasteiger partial charge in [-0.1, -0.05) is 17.7 Å². The van der Waals surface area contributed by atoms with Crippen molar-refractivity contribution in [2.24, 2.45) is 5.73 Å². The van der Waals surface area contributed by atoms with E-state index in [9.17, 15) is 17.6 Å². The van der Waals surface area contributed by atoms with E-state index < -0.39 is 29.3 Å². The summed E-state index contributed by atoms with van der Waals surface area (Å²) < 4.78 is 53.2. The van der Waals surface area contributed by atoms with E-state index in [1.165, 1.54) is 18.2 Å². The maximum Gasteiger partial charge on any atom is 0.161 e. The maximum absolute atomic E-state index is 13.6. The molecule has 0 saturated carbocycles. The summed E-state index contributed by atoms with van der Waals surface area (Å²) in [5.74, 6) is -4.16. The minimum atomic E-state index is -1.31. The van der Waals surface area contributed by atoms with Gasteiger partial charge in [0.1, 0.15) is 11.6 Å². The smallest absolute Gasteiger partial charge is 0.161 e. The van der Waals surface area contributed by atoms with Crippen molar-refractivity contribution >= 4 is 0 Å². The molecule has 0 aromatic heterocycles. The third-order valence-corrected chi connectivity index (χ3v) is 2.86. The Bertz CT molecular complexity index is 625. The van der Waals surface area contributed by atoms with E-state index in [2.05, 4.69) is 0 Å². The van der Waals surface area contributed by atoms with Crippen LogP contribution in [0.3, 0.4) is 0 Å². The fourth-order valence-electron chi connectivity index (χ4n) is 1.85. The number of rotatable bonds is 2. The Hall–Kier alpha value is -1.88. The minimum Gasteiger partial charge on any atom is -0.320 e. The summed E-state index contributed by atoms with van der Waals surface area (Å²) in [7, 11) is 0. The third kappa shape index (κ3) is 2.61. The molecule has 2 rings (SSSR count). The van der Waals surface area contributed by atoms with Crippen LogP contribution in [0.25, 0.3) is 0 Å². The van der Waals surface area contributed by atoms with Gasteiger partial charge in [0.25, 0.3) is 0 Å². The van der Waals surface area contributed by atoms with Crippen molar-refractivity contribution in [3.8, 4) is 0 Å². The van der Waals surface area contributed by atoms with E-state index in [-0.39, 0.29) is 11.1 Å². The summed E-state index contributed by atoms with van der Waals surface area (Å²) in [6, 6.07) is 4.03. The molecule has 2 aromatic carbocycles. The first-order chi connectivity index (χ1) is 8.90. The van der Waals surface area contributed by atoms with Crippen molar-refractivity contribution in [2.45, 2.75) is 13.0 Å². The molecule has 0 aliphatic carbocycles. The Morgan fingerprint density at radius 3 is 2.05 bits per heavy atom. The van der Waals surface area contributed by atoms with E-state index in [4.69, 9.17) is 5.73 Å². The van der Waals surface area contributed by atoms with Crippen LogP contribution in [0.1, 0.15) is 22.7 Å². The lowest BCUT2D eigenvalue weighted by Gasteiger charge is -2.15. The number of hydrogen-bond donors (Lipinski definition) is 1. The fraction of sp³-hybridized carbons (Fsp3) is 0.143. The molecule has 5 heteroatoms. The highest BCUT2D eigenvalue weighted by atomic mass is 19.2. The van der Waals surface area contributed by atoms with Gasteiger partial charge in [-0.2, -0.15) is 0 Å². The van der Waals surface area contributed by atoms with Crippen molar-refractivity contribution in [3.05, 3.63) is 70.3 Å². The van der Waals surface area contributed by atoms with E-state index >= 15 is 0 Å². The van der Waals surface area contributed by atoms with Gasteiger partial charge in [0, 0.05) is 17.2 Å². The van der Waals surface area contributed by atoms with Crippen LogP contribution < -0.4 is 5.73 Å². The van der Waals surface area contributed by atoms with E-state index in [0.29, 0.717) is 12.1 Å². The number of nitrogens with two attached hydrogens (primary N) is 1. The van der Waals surface area contributed by atoms with E-state index in [1.54, 1.807) is 6.92 Å². The Kier molecular flexibility index (Phi) is 3.57. The molecule has 1 unspecified atom stereocenters. The largest absolute Gasteiger partial charge is 0.320 e. The van der Waals surface area contributed by atoms with Gasteiger partial charge in [0.2, 0.25) is 0 Å². The summed E-state index contributed by atoms with van der Waals surface area (Å²) in [4.78, 5) is 0. The molecule has 0 bridgehead atoms. The molecule has 0 amide bonds. The van der Waals surface area contributed by atoms with Gasteiger partial charge >= 0.3 is 0 Å². The minimum absolute atomic E-state index is 0.0323. The van der Waals surface area contributed by atoms with Crippen molar-refractivity contribution in [2.75, 3.05) is 0 Å². The second-order valence-corrected chi connectivity index (χ2v) is 4.29. The van der Waals surface area contributed by atoms with Gasteiger partial charge in [0.15, 0.2) is 11.6 Å². The molecule has 2 aromatic rings. The van der Waals surface area contributed by atoms with Crippen LogP contribution in [-0.2, 0) is 0 Å².